The van der Waals surface area contributed by atoms with E-state index in [1.807, 2.05) is 27.7 Å². The number of nitrogens with zero attached hydrogens (tertiary/aromatic N) is 1. The molecule has 0 saturated heterocycles. The number of fused-ring (bicyclic) bond motifs is 2. The molecule has 47 heavy (non-hydrogen) atoms. The number of aryl methyl sites for hydroxylation is 2. The number of pyridine rings is 1. The van der Waals surface area contributed by atoms with Gasteiger partial charge in [-0.25, -0.2) is 0 Å². The molecule has 0 unspecified atom stereocenters. The quantitative estimate of drug-likeness (QED) is 0.104. The first-order chi connectivity index (χ1) is 21.5. The van der Waals surface area contributed by atoms with E-state index in [9.17, 15) is 9.90 Å². The van der Waals surface area contributed by atoms with Crippen molar-refractivity contribution in [1.29, 1.82) is 0 Å². The molecular formula is C43H58IrNO2-. The zero-order valence-corrected chi connectivity index (χ0v) is 33.4. The maximum atomic E-state index is 11.7. The number of aliphatic hydroxyl groups excluding tert-OH is 1. The summed E-state index contributed by atoms with van der Waals surface area (Å²) in [5.41, 5.74) is 8.73. The Morgan fingerprint density at radius 3 is 2.02 bits per heavy atom. The van der Waals surface area contributed by atoms with Crippen LogP contribution in [0.3, 0.4) is 0 Å². The van der Waals surface area contributed by atoms with E-state index >= 15 is 0 Å². The van der Waals surface area contributed by atoms with Gasteiger partial charge in [0.1, 0.15) is 0 Å². The Balaban J connectivity index is 0.000000410. The first-order valence-corrected chi connectivity index (χ1v) is 17.3. The van der Waals surface area contributed by atoms with E-state index in [4.69, 9.17) is 4.98 Å². The zero-order chi connectivity index (χ0) is 34.4. The van der Waals surface area contributed by atoms with Crippen LogP contribution in [-0.2, 0) is 36.7 Å². The van der Waals surface area contributed by atoms with Gasteiger partial charge in [-0.2, -0.15) is 0 Å². The summed E-state index contributed by atoms with van der Waals surface area (Å²) in [6, 6.07) is 21.4. The Hall–Kier alpha value is -2.81. The maximum absolute atomic E-state index is 11.7. The SMILES string of the molecule is CCC(CC)C(=O)/C=C(\O)C(CC)CC.Cc1cc(C)c2c(CC(C)(C)C)cc(-c3[c-]c4ccccc4c(C(C)(C)C)c3)nc2c1.[Ir]. The van der Waals surface area contributed by atoms with Crippen LogP contribution in [0.2, 0.25) is 0 Å². The molecule has 1 radical (unpaired) electrons. The van der Waals surface area contributed by atoms with Crippen molar-refractivity contribution in [2.75, 3.05) is 0 Å². The first-order valence-electron chi connectivity index (χ1n) is 17.3. The van der Waals surface area contributed by atoms with E-state index in [0.29, 0.717) is 0 Å². The average Bonchev–Trinajstić information content (AvgIpc) is 2.96. The fraction of sp³-hybridized carbons (Fsp3) is 0.488. The number of carbonyl (C=O) groups is 1. The van der Waals surface area contributed by atoms with Crippen molar-refractivity contribution in [3.63, 3.8) is 0 Å². The van der Waals surface area contributed by atoms with Crippen LogP contribution in [-0.4, -0.2) is 15.9 Å². The van der Waals surface area contributed by atoms with E-state index < -0.39 is 0 Å². The van der Waals surface area contributed by atoms with Gasteiger partial charge in [0.05, 0.1) is 11.3 Å². The van der Waals surface area contributed by atoms with Crippen molar-refractivity contribution in [2.24, 2.45) is 17.3 Å². The minimum atomic E-state index is 0. The van der Waals surface area contributed by atoms with Crippen LogP contribution in [0.15, 0.2) is 60.4 Å². The van der Waals surface area contributed by atoms with Gasteiger partial charge in [0.25, 0.3) is 0 Å². The summed E-state index contributed by atoms with van der Waals surface area (Å²) in [6.45, 7) is 26.2. The molecule has 1 N–H and O–H groups in total. The number of carbonyl (C=O) groups excluding carboxylic acids is 1. The summed E-state index contributed by atoms with van der Waals surface area (Å²) >= 11 is 0. The Bertz CT molecular complexity index is 1680. The third-order valence-electron chi connectivity index (χ3n) is 8.99. The van der Waals surface area contributed by atoms with E-state index in [-0.39, 0.29) is 54.3 Å². The maximum Gasteiger partial charge on any atom is 0.162 e. The van der Waals surface area contributed by atoms with Crippen LogP contribution in [0.1, 0.15) is 117 Å². The van der Waals surface area contributed by atoms with Gasteiger partial charge in [0, 0.05) is 49.1 Å². The number of rotatable bonds is 9. The second kappa shape index (κ2) is 17.0. The molecule has 3 nitrogen and oxygen atoms in total. The predicted octanol–water partition coefficient (Wildman–Crippen LogP) is 12.2. The molecule has 257 valence electrons. The monoisotopic (exact) mass is 813 g/mol. The Kier molecular flexibility index (Phi) is 14.6. The van der Waals surface area contributed by atoms with Crippen LogP contribution in [0, 0.1) is 37.2 Å². The smallest absolute Gasteiger partial charge is 0.162 e. The first kappa shape index (κ1) is 40.4. The molecule has 4 heteroatoms. The molecule has 1 heterocycles. The van der Waals surface area contributed by atoms with E-state index in [0.717, 1.165) is 54.3 Å². The molecule has 0 aliphatic rings. The number of aliphatic hydroxyl groups is 1. The van der Waals surface area contributed by atoms with Crippen LogP contribution in [0.4, 0.5) is 0 Å². The fourth-order valence-electron chi connectivity index (χ4n) is 6.47. The van der Waals surface area contributed by atoms with Crippen molar-refractivity contribution in [1.82, 2.24) is 4.98 Å². The van der Waals surface area contributed by atoms with Gasteiger partial charge in [-0.05, 0) is 79.5 Å². The topological polar surface area (TPSA) is 50.2 Å². The molecule has 4 aromatic rings. The van der Waals surface area contributed by atoms with Gasteiger partial charge in [-0.15, -0.1) is 29.1 Å². The number of hydrogen-bond acceptors (Lipinski definition) is 3. The fourth-order valence-corrected chi connectivity index (χ4v) is 6.47. The number of ketones is 1. The molecule has 0 spiro atoms. The van der Waals surface area contributed by atoms with E-state index in [2.05, 4.69) is 110 Å². The minimum Gasteiger partial charge on any atom is -0.512 e. The molecule has 0 amide bonds. The predicted molar refractivity (Wildman–Crippen MR) is 199 cm³/mol. The molecule has 0 saturated carbocycles. The second-order valence-corrected chi connectivity index (χ2v) is 15.3. The molecule has 0 aliphatic heterocycles. The van der Waals surface area contributed by atoms with Crippen molar-refractivity contribution in [2.45, 2.75) is 121 Å². The zero-order valence-electron chi connectivity index (χ0n) is 31.0. The largest absolute Gasteiger partial charge is 0.512 e. The molecule has 1 aromatic heterocycles. The number of aromatic nitrogens is 1. The third kappa shape index (κ3) is 10.6. The summed E-state index contributed by atoms with van der Waals surface area (Å²) in [5.74, 6) is 0.547. The van der Waals surface area contributed by atoms with Gasteiger partial charge in [-0.1, -0.05) is 111 Å². The van der Waals surface area contributed by atoms with Gasteiger partial charge in [-0.3, -0.25) is 9.78 Å². The van der Waals surface area contributed by atoms with E-state index in [1.165, 1.54) is 39.1 Å². The minimum absolute atomic E-state index is 0. The molecule has 0 bridgehead atoms. The summed E-state index contributed by atoms with van der Waals surface area (Å²) in [4.78, 5) is 16.9. The average molecular weight is 813 g/mol. The standard InChI is InChI=1S/C30H34N.C13H24O2.Ir/c1-19-13-20(2)28-23(18-29(3,4)5)17-26(31-27(28)14-19)22-15-21-11-9-10-12-24(21)25(16-22)30(6,7)8;1-5-10(6-2)12(14)9-13(15)11(7-3)8-4;/h9-14,16-17H,18H2,1-8H3;9-11,14H,5-8H2,1-4H3;/q-1;;/b;12-9-;. The summed E-state index contributed by atoms with van der Waals surface area (Å²) in [7, 11) is 0. The normalized spacial score (nSPS) is 12.3. The third-order valence-corrected chi connectivity index (χ3v) is 8.99. The van der Waals surface area contributed by atoms with Crippen molar-refractivity contribution in [3.8, 4) is 11.3 Å². The Morgan fingerprint density at radius 2 is 1.47 bits per heavy atom. The van der Waals surface area contributed by atoms with Crippen molar-refractivity contribution >= 4 is 27.5 Å². The second-order valence-electron chi connectivity index (χ2n) is 15.3. The Morgan fingerprint density at radius 1 is 0.872 bits per heavy atom. The molecule has 4 rings (SSSR count). The summed E-state index contributed by atoms with van der Waals surface area (Å²) in [5, 5.41) is 13.5. The number of hydrogen-bond donors (Lipinski definition) is 1. The van der Waals surface area contributed by atoms with Crippen LogP contribution in [0.25, 0.3) is 32.9 Å². The van der Waals surface area contributed by atoms with E-state index in [1.54, 1.807) is 0 Å². The number of allylic oxidation sites excluding steroid dienone is 2. The van der Waals surface area contributed by atoms with Crippen molar-refractivity contribution in [3.05, 3.63) is 88.7 Å². The molecule has 0 aliphatic carbocycles. The van der Waals surface area contributed by atoms with Gasteiger partial charge in [0.15, 0.2) is 5.78 Å². The molecule has 3 aromatic carbocycles. The van der Waals surface area contributed by atoms with Crippen LogP contribution in [0.5, 0.6) is 0 Å². The molecular weight excluding hydrogens is 755 g/mol. The molecule has 0 atom stereocenters. The van der Waals surface area contributed by atoms with Gasteiger partial charge < -0.3 is 5.11 Å². The molecule has 0 fully saturated rings. The van der Waals surface area contributed by atoms with Crippen LogP contribution < -0.4 is 0 Å². The number of benzene rings is 3. The van der Waals surface area contributed by atoms with Crippen LogP contribution >= 0.6 is 0 Å². The van der Waals surface area contributed by atoms with Gasteiger partial charge in [0.2, 0.25) is 0 Å². The summed E-state index contributed by atoms with van der Waals surface area (Å²) in [6.07, 6.45) is 5.92. The van der Waals surface area contributed by atoms with Crippen molar-refractivity contribution < 1.29 is 30.0 Å². The Labute approximate surface area is 299 Å². The summed E-state index contributed by atoms with van der Waals surface area (Å²) < 4.78 is 0. The van der Waals surface area contributed by atoms with Gasteiger partial charge >= 0.3 is 0 Å².